The second kappa shape index (κ2) is 3.88. The van der Waals surface area contributed by atoms with Crippen molar-refractivity contribution in [3.8, 4) is 0 Å². The molecule has 0 spiro atoms. The summed E-state index contributed by atoms with van der Waals surface area (Å²) >= 11 is 0. The third-order valence-corrected chi connectivity index (χ3v) is 2.68. The Morgan fingerprint density at radius 2 is 1.86 bits per heavy atom. The highest BCUT2D eigenvalue weighted by Gasteiger charge is 2.15. The SMILES string of the molecule is CNc1ccc(N2CCN(C)C2)cc1. The fraction of sp³-hybridized carbons (Fsp3) is 0.455. The summed E-state index contributed by atoms with van der Waals surface area (Å²) in [5.41, 5.74) is 2.48. The Balaban J connectivity index is 2.09. The van der Waals surface area contributed by atoms with Gasteiger partial charge in [-0.25, -0.2) is 0 Å². The summed E-state index contributed by atoms with van der Waals surface area (Å²) in [6.07, 6.45) is 0. The predicted octanol–water partition coefficient (Wildman–Crippen LogP) is 1.44. The molecule has 0 atom stereocenters. The van der Waals surface area contributed by atoms with Crippen molar-refractivity contribution in [2.75, 3.05) is 44.1 Å². The van der Waals surface area contributed by atoms with Crippen molar-refractivity contribution in [2.24, 2.45) is 0 Å². The van der Waals surface area contributed by atoms with Crippen molar-refractivity contribution in [3.63, 3.8) is 0 Å². The van der Waals surface area contributed by atoms with Gasteiger partial charge in [0.2, 0.25) is 0 Å². The lowest BCUT2D eigenvalue weighted by Gasteiger charge is -2.18. The van der Waals surface area contributed by atoms with Crippen LogP contribution in [0.5, 0.6) is 0 Å². The van der Waals surface area contributed by atoms with Crippen LogP contribution < -0.4 is 10.2 Å². The van der Waals surface area contributed by atoms with Crippen molar-refractivity contribution in [1.29, 1.82) is 0 Å². The Morgan fingerprint density at radius 1 is 1.14 bits per heavy atom. The Hall–Kier alpha value is -1.22. The van der Waals surface area contributed by atoms with Crippen LogP contribution in [0.3, 0.4) is 0 Å². The highest BCUT2D eigenvalue weighted by molar-refractivity contribution is 5.55. The molecule has 3 heteroatoms. The number of benzene rings is 1. The van der Waals surface area contributed by atoms with E-state index in [9.17, 15) is 0 Å². The van der Waals surface area contributed by atoms with E-state index >= 15 is 0 Å². The van der Waals surface area contributed by atoms with Crippen molar-refractivity contribution in [1.82, 2.24) is 4.90 Å². The molecule has 0 saturated carbocycles. The van der Waals surface area contributed by atoms with Crippen LogP contribution in [0, 0.1) is 0 Å². The Kier molecular flexibility index (Phi) is 2.59. The molecule has 0 amide bonds. The fourth-order valence-electron chi connectivity index (χ4n) is 1.77. The average molecular weight is 191 g/mol. The number of likely N-dealkylation sites (N-methyl/N-ethyl adjacent to an activating group) is 1. The molecule has 1 fully saturated rings. The van der Waals surface area contributed by atoms with Gasteiger partial charge in [-0.15, -0.1) is 0 Å². The van der Waals surface area contributed by atoms with Gasteiger partial charge in [-0.3, -0.25) is 4.90 Å². The minimum Gasteiger partial charge on any atom is -0.388 e. The van der Waals surface area contributed by atoms with Crippen LogP contribution in [0.25, 0.3) is 0 Å². The summed E-state index contributed by atoms with van der Waals surface area (Å²) in [4.78, 5) is 4.71. The summed E-state index contributed by atoms with van der Waals surface area (Å²) in [7, 11) is 4.10. The summed E-state index contributed by atoms with van der Waals surface area (Å²) < 4.78 is 0. The third-order valence-electron chi connectivity index (χ3n) is 2.68. The molecule has 1 saturated heterocycles. The molecular formula is C11H17N3. The van der Waals surface area contributed by atoms with Crippen LogP contribution in [-0.2, 0) is 0 Å². The maximum absolute atomic E-state index is 3.12. The predicted molar refractivity (Wildman–Crippen MR) is 60.8 cm³/mol. The van der Waals surface area contributed by atoms with Crippen molar-refractivity contribution < 1.29 is 0 Å². The number of rotatable bonds is 2. The molecule has 0 aliphatic carbocycles. The van der Waals surface area contributed by atoms with Gasteiger partial charge in [0.15, 0.2) is 0 Å². The first-order valence-corrected chi connectivity index (χ1v) is 5.01. The fourth-order valence-corrected chi connectivity index (χ4v) is 1.77. The summed E-state index contributed by atoms with van der Waals surface area (Å²) in [5, 5.41) is 3.12. The van der Waals surface area contributed by atoms with Gasteiger partial charge in [0.25, 0.3) is 0 Å². The second-order valence-electron chi connectivity index (χ2n) is 3.78. The minimum absolute atomic E-state index is 1.04. The molecule has 1 aromatic rings. The molecule has 0 radical (unpaired) electrons. The van der Waals surface area contributed by atoms with Gasteiger partial charge in [-0.05, 0) is 31.3 Å². The van der Waals surface area contributed by atoms with E-state index in [4.69, 9.17) is 0 Å². The van der Waals surface area contributed by atoms with Crippen molar-refractivity contribution in [2.45, 2.75) is 0 Å². The zero-order chi connectivity index (χ0) is 9.97. The lowest BCUT2D eigenvalue weighted by molar-refractivity contribution is 0.421. The van der Waals surface area contributed by atoms with E-state index in [2.05, 4.69) is 46.4 Å². The molecule has 1 heterocycles. The topological polar surface area (TPSA) is 18.5 Å². The maximum Gasteiger partial charge on any atom is 0.0705 e. The van der Waals surface area contributed by atoms with E-state index in [0.29, 0.717) is 0 Å². The van der Waals surface area contributed by atoms with Gasteiger partial charge in [0.1, 0.15) is 0 Å². The Labute approximate surface area is 85.3 Å². The van der Waals surface area contributed by atoms with E-state index in [0.717, 1.165) is 19.8 Å². The van der Waals surface area contributed by atoms with Crippen LogP contribution in [0.1, 0.15) is 0 Å². The zero-order valence-electron chi connectivity index (χ0n) is 8.83. The van der Waals surface area contributed by atoms with E-state index in [-0.39, 0.29) is 0 Å². The van der Waals surface area contributed by atoms with E-state index in [1.807, 2.05) is 7.05 Å². The van der Waals surface area contributed by atoms with Crippen LogP contribution in [0.15, 0.2) is 24.3 Å². The summed E-state index contributed by atoms with van der Waals surface area (Å²) in [6.45, 7) is 3.34. The summed E-state index contributed by atoms with van der Waals surface area (Å²) in [6, 6.07) is 8.58. The molecule has 14 heavy (non-hydrogen) atoms. The van der Waals surface area contributed by atoms with Gasteiger partial charge in [0, 0.05) is 31.5 Å². The molecule has 2 rings (SSSR count). The molecule has 1 aromatic carbocycles. The second-order valence-corrected chi connectivity index (χ2v) is 3.78. The van der Waals surface area contributed by atoms with Crippen LogP contribution in [-0.4, -0.2) is 38.8 Å². The standard InChI is InChI=1S/C11H17N3/c1-12-10-3-5-11(6-4-10)14-8-7-13(2)9-14/h3-6,12H,7-9H2,1-2H3. The number of nitrogens with zero attached hydrogens (tertiary/aromatic N) is 2. The molecule has 1 aliphatic heterocycles. The number of hydrogen-bond donors (Lipinski definition) is 1. The molecular weight excluding hydrogens is 174 g/mol. The van der Waals surface area contributed by atoms with Gasteiger partial charge in [-0.2, -0.15) is 0 Å². The first-order valence-electron chi connectivity index (χ1n) is 5.01. The van der Waals surface area contributed by atoms with Crippen LogP contribution in [0.4, 0.5) is 11.4 Å². The molecule has 0 aromatic heterocycles. The van der Waals surface area contributed by atoms with Crippen molar-refractivity contribution >= 4 is 11.4 Å². The number of nitrogens with one attached hydrogen (secondary N) is 1. The normalized spacial score (nSPS) is 17.4. The van der Waals surface area contributed by atoms with Gasteiger partial charge < -0.3 is 10.2 Å². The Morgan fingerprint density at radius 3 is 2.36 bits per heavy atom. The van der Waals surface area contributed by atoms with Crippen LogP contribution in [0.2, 0.25) is 0 Å². The first-order chi connectivity index (χ1) is 6.79. The molecule has 1 N–H and O–H groups in total. The lowest BCUT2D eigenvalue weighted by Crippen LogP contribution is -2.22. The number of hydrogen-bond acceptors (Lipinski definition) is 3. The third kappa shape index (κ3) is 1.82. The highest BCUT2D eigenvalue weighted by atomic mass is 15.4. The molecule has 3 nitrogen and oxygen atoms in total. The zero-order valence-corrected chi connectivity index (χ0v) is 8.83. The smallest absolute Gasteiger partial charge is 0.0705 e. The minimum atomic E-state index is 1.04. The maximum atomic E-state index is 3.12. The quantitative estimate of drug-likeness (QED) is 0.763. The molecule has 0 unspecified atom stereocenters. The number of anilines is 2. The molecule has 1 aliphatic rings. The molecule has 76 valence electrons. The van der Waals surface area contributed by atoms with E-state index in [1.165, 1.54) is 11.4 Å². The Bertz CT molecular complexity index is 294. The molecule has 0 bridgehead atoms. The van der Waals surface area contributed by atoms with Crippen molar-refractivity contribution in [3.05, 3.63) is 24.3 Å². The van der Waals surface area contributed by atoms with Gasteiger partial charge >= 0.3 is 0 Å². The van der Waals surface area contributed by atoms with Gasteiger partial charge in [0.05, 0.1) is 6.67 Å². The van der Waals surface area contributed by atoms with E-state index < -0.39 is 0 Å². The van der Waals surface area contributed by atoms with Gasteiger partial charge in [-0.1, -0.05) is 0 Å². The van der Waals surface area contributed by atoms with E-state index in [1.54, 1.807) is 0 Å². The lowest BCUT2D eigenvalue weighted by atomic mass is 10.2. The largest absolute Gasteiger partial charge is 0.388 e. The highest BCUT2D eigenvalue weighted by Crippen LogP contribution is 2.19. The first kappa shape index (κ1) is 9.34. The monoisotopic (exact) mass is 191 g/mol. The average Bonchev–Trinajstić information content (AvgIpc) is 2.65. The summed E-state index contributed by atoms with van der Waals surface area (Å²) in [5.74, 6) is 0. The van der Waals surface area contributed by atoms with Crippen LogP contribution >= 0.6 is 0 Å².